The number of nitrogens with zero attached hydrogens (tertiary/aromatic N) is 2. The highest BCUT2D eigenvalue weighted by atomic mass is 32.1. The average Bonchev–Trinajstić information content (AvgIpc) is 3.17. The molecule has 2 aliphatic heterocycles. The molecular formula is C14H19N3O3S. The van der Waals surface area contributed by atoms with Gasteiger partial charge in [-0.25, -0.2) is 4.98 Å². The molecule has 0 bridgehead atoms. The lowest BCUT2D eigenvalue weighted by Gasteiger charge is -2.10. The number of anilines is 1. The highest BCUT2D eigenvalue weighted by Crippen LogP contribution is 2.25. The fraction of sp³-hybridized carbons (Fsp3) is 0.643. The Labute approximate surface area is 127 Å². The Hall–Kier alpha value is -1.47. The number of thiazole rings is 1. The molecule has 0 unspecified atom stereocenters. The summed E-state index contributed by atoms with van der Waals surface area (Å²) >= 11 is 1.43. The normalized spacial score (nSPS) is 22.0. The largest absolute Gasteiger partial charge is 0.381 e. The van der Waals surface area contributed by atoms with Gasteiger partial charge >= 0.3 is 0 Å². The third-order valence-electron chi connectivity index (χ3n) is 3.80. The first-order valence-electron chi connectivity index (χ1n) is 7.31. The van der Waals surface area contributed by atoms with Crippen LogP contribution in [-0.4, -0.2) is 43.1 Å². The van der Waals surface area contributed by atoms with Crippen molar-refractivity contribution in [3.63, 3.8) is 0 Å². The molecule has 1 N–H and O–H groups in total. The molecule has 3 heterocycles. The summed E-state index contributed by atoms with van der Waals surface area (Å²) in [5.41, 5.74) is 0.731. The molecular weight excluding hydrogens is 290 g/mol. The Morgan fingerprint density at radius 3 is 3.19 bits per heavy atom. The molecule has 2 saturated heterocycles. The van der Waals surface area contributed by atoms with E-state index < -0.39 is 0 Å². The van der Waals surface area contributed by atoms with E-state index in [0.29, 0.717) is 24.0 Å². The van der Waals surface area contributed by atoms with Gasteiger partial charge in [0.2, 0.25) is 11.8 Å². The zero-order valence-electron chi connectivity index (χ0n) is 11.8. The van der Waals surface area contributed by atoms with Crippen molar-refractivity contribution in [2.75, 3.05) is 31.2 Å². The molecule has 6 nitrogen and oxygen atoms in total. The number of amides is 2. The van der Waals surface area contributed by atoms with Gasteiger partial charge in [-0.2, -0.15) is 0 Å². The number of carbonyl (C=O) groups is 2. The standard InChI is InChI=1S/C14H19N3O3S/c18-12(15-7-10-3-5-20-8-10)6-11-9-21-14(16-11)17-4-1-2-13(17)19/h9-10H,1-8H2,(H,15,18)/t10-/m0/s1. The van der Waals surface area contributed by atoms with Crippen LogP contribution in [0.2, 0.25) is 0 Å². The molecule has 2 aliphatic rings. The quantitative estimate of drug-likeness (QED) is 0.879. The van der Waals surface area contributed by atoms with Gasteiger partial charge in [-0.15, -0.1) is 11.3 Å². The molecule has 0 radical (unpaired) electrons. The lowest BCUT2D eigenvalue weighted by atomic mass is 10.1. The van der Waals surface area contributed by atoms with Gasteiger partial charge in [0.05, 0.1) is 18.7 Å². The van der Waals surface area contributed by atoms with Crippen molar-refractivity contribution in [2.24, 2.45) is 5.92 Å². The van der Waals surface area contributed by atoms with Gasteiger partial charge in [-0.05, 0) is 12.8 Å². The van der Waals surface area contributed by atoms with Crippen LogP contribution in [0.15, 0.2) is 5.38 Å². The minimum Gasteiger partial charge on any atom is -0.381 e. The van der Waals surface area contributed by atoms with Crippen LogP contribution in [0.5, 0.6) is 0 Å². The van der Waals surface area contributed by atoms with Crippen LogP contribution in [0.4, 0.5) is 5.13 Å². The Bertz CT molecular complexity index is 525. The fourth-order valence-electron chi connectivity index (χ4n) is 2.58. The molecule has 2 amide bonds. The summed E-state index contributed by atoms with van der Waals surface area (Å²) in [6.45, 7) is 2.93. The Kier molecular flexibility index (Phi) is 4.50. The molecule has 3 rings (SSSR count). The third kappa shape index (κ3) is 3.59. The van der Waals surface area contributed by atoms with Gasteiger partial charge in [-0.3, -0.25) is 14.5 Å². The maximum Gasteiger partial charge on any atom is 0.228 e. The van der Waals surface area contributed by atoms with Crippen molar-refractivity contribution < 1.29 is 14.3 Å². The second-order valence-corrected chi connectivity index (χ2v) is 6.32. The van der Waals surface area contributed by atoms with Crippen molar-refractivity contribution in [3.8, 4) is 0 Å². The maximum atomic E-state index is 11.9. The molecule has 0 spiro atoms. The minimum atomic E-state index is -0.0218. The van der Waals surface area contributed by atoms with Gasteiger partial charge in [-0.1, -0.05) is 0 Å². The maximum absolute atomic E-state index is 11.9. The highest BCUT2D eigenvalue weighted by Gasteiger charge is 2.24. The number of rotatable bonds is 5. The van der Waals surface area contributed by atoms with Gasteiger partial charge in [0, 0.05) is 37.4 Å². The molecule has 1 atom stereocenters. The molecule has 0 aromatic carbocycles. The Morgan fingerprint density at radius 2 is 2.48 bits per heavy atom. The first-order chi connectivity index (χ1) is 10.2. The summed E-state index contributed by atoms with van der Waals surface area (Å²) in [7, 11) is 0. The predicted molar refractivity (Wildman–Crippen MR) is 79.3 cm³/mol. The van der Waals surface area contributed by atoms with Crippen LogP contribution >= 0.6 is 11.3 Å². The lowest BCUT2D eigenvalue weighted by molar-refractivity contribution is -0.120. The lowest BCUT2D eigenvalue weighted by Crippen LogP contribution is -2.30. The molecule has 2 fully saturated rings. The van der Waals surface area contributed by atoms with Crippen LogP contribution in [0, 0.1) is 5.92 Å². The van der Waals surface area contributed by atoms with Crippen LogP contribution < -0.4 is 10.2 Å². The third-order valence-corrected chi connectivity index (χ3v) is 4.71. The summed E-state index contributed by atoms with van der Waals surface area (Å²) < 4.78 is 5.28. The summed E-state index contributed by atoms with van der Waals surface area (Å²) in [6, 6.07) is 0. The number of carbonyl (C=O) groups excluding carboxylic acids is 2. The van der Waals surface area contributed by atoms with Crippen LogP contribution in [0.3, 0.4) is 0 Å². The number of nitrogens with one attached hydrogen (secondary N) is 1. The molecule has 1 aromatic rings. The number of hydrogen-bond acceptors (Lipinski definition) is 5. The molecule has 21 heavy (non-hydrogen) atoms. The smallest absolute Gasteiger partial charge is 0.228 e. The molecule has 0 aliphatic carbocycles. The summed E-state index contributed by atoms with van der Waals surface area (Å²) in [6.07, 6.45) is 2.76. The summed E-state index contributed by atoms with van der Waals surface area (Å²) in [4.78, 5) is 29.7. The Morgan fingerprint density at radius 1 is 1.57 bits per heavy atom. The minimum absolute atomic E-state index is 0.0218. The van der Waals surface area contributed by atoms with Crippen molar-refractivity contribution in [3.05, 3.63) is 11.1 Å². The average molecular weight is 309 g/mol. The second kappa shape index (κ2) is 6.53. The highest BCUT2D eigenvalue weighted by molar-refractivity contribution is 7.14. The predicted octanol–water partition coefficient (Wildman–Crippen LogP) is 0.965. The van der Waals surface area contributed by atoms with E-state index >= 15 is 0 Å². The van der Waals surface area contributed by atoms with Crippen LogP contribution in [0.1, 0.15) is 25.0 Å². The van der Waals surface area contributed by atoms with Gasteiger partial charge in [0.25, 0.3) is 0 Å². The van der Waals surface area contributed by atoms with E-state index in [1.54, 1.807) is 4.90 Å². The van der Waals surface area contributed by atoms with E-state index in [1.807, 2.05) is 5.38 Å². The van der Waals surface area contributed by atoms with E-state index in [4.69, 9.17) is 4.74 Å². The van der Waals surface area contributed by atoms with Crippen molar-refractivity contribution in [2.45, 2.75) is 25.7 Å². The van der Waals surface area contributed by atoms with Crippen molar-refractivity contribution in [1.29, 1.82) is 0 Å². The van der Waals surface area contributed by atoms with E-state index in [0.717, 1.165) is 38.3 Å². The van der Waals surface area contributed by atoms with Gasteiger partial charge in [0.1, 0.15) is 0 Å². The molecule has 7 heteroatoms. The van der Waals surface area contributed by atoms with Gasteiger partial charge in [0.15, 0.2) is 5.13 Å². The van der Waals surface area contributed by atoms with E-state index in [-0.39, 0.29) is 18.2 Å². The van der Waals surface area contributed by atoms with Crippen LogP contribution in [-0.2, 0) is 20.7 Å². The summed E-state index contributed by atoms with van der Waals surface area (Å²) in [5.74, 6) is 0.537. The van der Waals surface area contributed by atoms with E-state index in [1.165, 1.54) is 11.3 Å². The first kappa shape index (κ1) is 14.5. The topological polar surface area (TPSA) is 71.5 Å². The van der Waals surface area contributed by atoms with Crippen LogP contribution in [0.25, 0.3) is 0 Å². The number of aromatic nitrogens is 1. The van der Waals surface area contributed by atoms with Crippen molar-refractivity contribution >= 4 is 28.3 Å². The number of ether oxygens (including phenoxy) is 1. The van der Waals surface area contributed by atoms with E-state index in [9.17, 15) is 9.59 Å². The zero-order valence-corrected chi connectivity index (χ0v) is 12.7. The fourth-order valence-corrected chi connectivity index (χ4v) is 3.45. The molecule has 0 saturated carbocycles. The zero-order chi connectivity index (χ0) is 14.7. The summed E-state index contributed by atoms with van der Waals surface area (Å²) in [5, 5.41) is 5.50. The monoisotopic (exact) mass is 309 g/mol. The first-order valence-corrected chi connectivity index (χ1v) is 8.19. The molecule has 114 valence electrons. The SMILES string of the molecule is O=C(Cc1csc(N2CCCC2=O)n1)NC[C@@H]1CCOC1. The number of hydrogen-bond donors (Lipinski definition) is 1. The van der Waals surface area contributed by atoms with E-state index in [2.05, 4.69) is 10.3 Å². The van der Waals surface area contributed by atoms with Crippen molar-refractivity contribution in [1.82, 2.24) is 10.3 Å². The second-order valence-electron chi connectivity index (χ2n) is 5.48. The Balaban J connectivity index is 1.49. The molecule has 1 aromatic heterocycles. The van der Waals surface area contributed by atoms with Gasteiger partial charge < -0.3 is 10.1 Å².